The average Bonchev–Trinajstić information content (AvgIpc) is 3.34. The van der Waals surface area contributed by atoms with Gasteiger partial charge in [0.25, 0.3) is 5.91 Å². The number of aliphatic carboxylic acids is 1. The zero-order valence-corrected chi connectivity index (χ0v) is 21.9. The molecule has 0 fully saturated rings. The number of hydrogen-bond acceptors (Lipinski definition) is 3. The van der Waals surface area contributed by atoms with Crippen LogP contribution in [-0.2, 0) is 23.9 Å². The van der Waals surface area contributed by atoms with Gasteiger partial charge in [0.2, 0.25) is 0 Å². The summed E-state index contributed by atoms with van der Waals surface area (Å²) in [6.45, 7) is -0.239. The third-order valence-corrected chi connectivity index (χ3v) is 6.71. The summed E-state index contributed by atoms with van der Waals surface area (Å²) in [7, 11) is 0. The number of halogens is 5. The van der Waals surface area contributed by atoms with Gasteiger partial charge in [-0.05, 0) is 64.0 Å². The Kier molecular flexibility index (Phi) is 8.28. The predicted octanol–water partition coefficient (Wildman–Crippen LogP) is 7.72. The molecule has 0 radical (unpaired) electrons. The van der Waals surface area contributed by atoms with E-state index < -0.39 is 29.7 Å². The molecule has 38 heavy (non-hydrogen) atoms. The van der Waals surface area contributed by atoms with Crippen LogP contribution in [0, 0.1) is 0 Å². The molecule has 0 aliphatic carbocycles. The lowest BCUT2D eigenvalue weighted by Gasteiger charge is -2.29. The van der Waals surface area contributed by atoms with Gasteiger partial charge in [-0.1, -0.05) is 54.1 Å². The predicted molar refractivity (Wildman–Crippen MR) is 140 cm³/mol. The number of rotatable bonds is 8. The number of benzene rings is 3. The molecule has 1 amide bonds. The second kappa shape index (κ2) is 11.4. The minimum Gasteiger partial charge on any atom is -0.480 e. The highest BCUT2D eigenvalue weighted by Gasteiger charge is 2.33. The molecule has 0 bridgehead atoms. The first-order chi connectivity index (χ1) is 18.0. The van der Waals surface area contributed by atoms with Crippen molar-refractivity contribution < 1.29 is 32.3 Å². The topological polar surface area (TPSA) is 70.8 Å². The highest BCUT2D eigenvalue weighted by atomic mass is 79.9. The standard InChI is InChI=1S/C28H20BrClF3NO4/c29-23-15-20(30)9-11-22(23)26(35)34(24(27(36)37)13-17-5-2-1-3-6-17)16-21-10-12-25(38-21)18-7-4-8-19(14-18)28(31,32)33/h1-12,14-15,24H,13,16H2,(H,36,37). The minimum absolute atomic E-state index is 0.0221. The number of carboxylic acids is 1. The summed E-state index contributed by atoms with van der Waals surface area (Å²) in [5.74, 6) is -1.46. The number of furan rings is 1. The van der Waals surface area contributed by atoms with E-state index in [1.165, 1.54) is 42.5 Å². The molecule has 1 aromatic heterocycles. The second-order valence-corrected chi connectivity index (χ2v) is 9.74. The van der Waals surface area contributed by atoms with Gasteiger partial charge in [-0.2, -0.15) is 13.2 Å². The van der Waals surface area contributed by atoms with E-state index in [1.54, 1.807) is 30.3 Å². The van der Waals surface area contributed by atoms with Gasteiger partial charge >= 0.3 is 12.1 Å². The summed E-state index contributed by atoms with van der Waals surface area (Å²) in [6, 6.07) is 19.8. The van der Waals surface area contributed by atoms with Gasteiger partial charge in [0.1, 0.15) is 17.6 Å². The average molecular weight is 607 g/mol. The monoisotopic (exact) mass is 605 g/mol. The van der Waals surface area contributed by atoms with Crippen molar-refractivity contribution in [2.75, 3.05) is 0 Å². The molecule has 5 nitrogen and oxygen atoms in total. The molecule has 1 N–H and O–H groups in total. The molecule has 1 atom stereocenters. The first-order valence-corrected chi connectivity index (χ1v) is 12.5. The molecule has 0 saturated heterocycles. The third kappa shape index (κ3) is 6.46. The fourth-order valence-electron chi connectivity index (χ4n) is 3.94. The minimum atomic E-state index is -4.52. The van der Waals surface area contributed by atoms with E-state index in [1.807, 2.05) is 0 Å². The summed E-state index contributed by atoms with van der Waals surface area (Å²) in [5, 5.41) is 10.5. The van der Waals surface area contributed by atoms with Gasteiger partial charge in [0.15, 0.2) is 0 Å². The van der Waals surface area contributed by atoms with Crippen LogP contribution in [-0.4, -0.2) is 27.9 Å². The van der Waals surface area contributed by atoms with E-state index >= 15 is 0 Å². The Morgan fingerprint density at radius 1 is 0.974 bits per heavy atom. The highest BCUT2D eigenvalue weighted by Crippen LogP contribution is 2.33. The number of carboxylic acid groups (broad SMARTS) is 1. The molecule has 4 aromatic rings. The molecule has 1 heterocycles. The SMILES string of the molecule is O=C(O)C(Cc1ccccc1)N(Cc1ccc(-c2cccc(C(F)(F)F)c2)o1)C(=O)c1ccc(Cl)cc1Br. The van der Waals surface area contributed by atoms with Crippen LogP contribution in [0.25, 0.3) is 11.3 Å². The van der Waals surface area contributed by atoms with Gasteiger partial charge in [-0.3, -0.25) is 4.79 Å². The molecular weight excluding hydrogens is 587 g/mol. The van der Waals surface area contributed by atoms with Gasteiger partial charge in [-0.15, -0.1) is 0 Å². The van der Waals surface area contributed by atoms with E-state index in [0.717, 1.165) is 17.0 Å². The number of nitrogens with zero attached hydrogens (tertiary/aromatic N) is 1. The van der Waals surface area contributed by atoms with Crippen molar-refractivity contribution in [1.82, 2.24) is 4.90 Å². The van der Waals surface area contributed by atoms with Crippen molar-refractivity contribution in [2.45, 2.75) is 25.2 Å². The van der Waals surface area contributed by atoms with Crippen LogP contribution in [0.1, 0.15) is 27.2 Å². The maximum absolute atomic E-state index is 13.7. The Morgan fingerprint density at radius 3 is 2.37 bits per heavy atom. The summed E-state index contributed by atoms with van der Waals surface area (Å²) in [4.78, 5) is 27.2. The number of carbonyl (C=O) groups is 2. The maximum atomic E-state index is 13.7. The molecule has 0 spiro atoms. The highest BCUT2D eigenvalue weighted by molar-refractivity contribution is 9.10. The smallest absolute Gasteiger partial charge is 0.416 e. The maximum Gasteiger partial charge on any atom is 0.416 e. The first kappa shape index (κ1) is 27.5. The summed E-state index contributed by atoms with van der Waals surface area (Å²) in [5.41, 5.74) is 0.268. The Bertz CT molecular complexity index is 1460. The number of carbonyl (C=O) groups excluding carboxylic acids is 1. The zero-order chi connectivity index (χ0) is 27.4. The van der Waals surface area contributed by atoms with E-state index in [9.17, 15) is 27.9 Å². The van der Waals surface area contributed by atoms with Crippen LogP contribution in [0.4, 0.5) is 13.2 Å². The van der Waals surface area contributed by atoms with Gasteiger partial charge < -0.3 is 14.4 Å². The lowest BCUT2D eigenvalue weighted by molar-refractivity contribution is -0.142. The first-order valence-electron chi connectivity index (χ1n) is 11.3. The van der Waals surface area contributed by atoms with Crippen LogP contribution >= 0.6 is 27.5 Å². The van der Waals surface area contributed by atoms with Crippen molar-refractivity contribution in [3.63, 3.8) is 0 Å². The largest absolute Gasteiger partial charge is 0.480 e. The molecule has 0 aliphatic rings. The lowest BCUT2D eigenvalue weighted by atomic mass is 10.0. The van der Waals surface area contributed by atoms with E-state index in [2.05, 4.69) is 15.9 Å². The lowest BCUT2D eigenvalue weighted by Crippen LogP contribution is -2.46. The second-order valence-electron chi connectivity index (χ2n) is 8.45. The van der Waals surface area contributed by atoms with Crippen molar-refractivity contribution in [2.24, 2.45) is 0 Å². The normalized spacial score (nSPS) is 12.2. The van der Waals surface area contributed by atoms with Crippen LogP contribution < -0.4 is 0 Å². The zero-order valence-electron chi connectivity index (χ0n) is 19.6. The van der Waals surface area contributed by atoms with Crippen molar-refractivity contribution in [1.29, 1.82) is 0 Å². The van der Waals surface area contributed by atoms with Crippen LogP contribution in [0.2, 0.25) is 5.02 Å². The molecule has 196 valence electrons. The van der Waals surface area contributed by atoms with Crippen molar-refractivity contribution in [3.05, 3.63) is 117 Å². The Morgan fingerprint density at radius 2 is 1.71 bits per heavy atom. The van der Waals surface area contributed by atoms with Gasteiger partial charge in [0, 0.05) is 21.5 Å². The number of hydrogen-bond donors (Lipinski definition) is 1. The molecule has 1 unspecified atom stereocenters. The van der Waals surface area contributed by atoms with E-state index in [-0.39, 0.29) is 35.6 Å². The van der Waals surface area contributed by atoms with Crippen molar-refractivity contribution >= 4 is 39.4 Å². The van der Waals surface area contributed by atoms with Gasteiger partial charge in [-0.25, -0.2) is 4.79 Å². The summed E-state index contributed by atoms with van der Waals surface area (Å²) in [6.07, 6.45) is -4.50. The third-order valence-electron chi connectivity index (χ3n) is 5.82. The summed E-state index contributed by atoms with van der Waals surface area (Å²) < 4.78 is 45.7. The van der Waals surface area contributed by atoms with E-state index in [0.29, 0.717) is 15.1 Å². The number of amides is 1. The summed E-state index contributed by atoms with van der Waals surface area (Å²) >= 11 is 9.33. The fraction of sp³-hybridized carbons (Fsp3) is 0.143. The number of alkyl halides is 3. The quantitative estimate of drug-likeness (QED) is 0.223. The van der Waals surface area contributed by atoms with Crippen LogP contribution in [0.15, 0.2) is 93.8 Å². The Hall–Kier alpha value is -3.56. The Labute approximate surface area is 229 Å². The molecule has 0 saturated carbocycles. The molecule has 4 rings (SSSR count). The van der Waals surface area contributed by atoms with Crippen LogP contribution in [0.3, 0.4) is 0 Å². The van der Waals surface area contributed by atoms with Gasteiger partial charge in [0.05, 0.1) is 17.7 Å². The molecule has 3 aromatic carbocycles. The Balaban J connectivity index is 1.70. The molecule has 10 heteroatoms. The fourth-order valence-corrected chi connectivity index (χ4v) is 4.80. The molecular formula is C28H20BrClF3NO4. The van der Waals surface area contributed by atoms with Crippen molar-refractivity contribution in [3.8, 4) is 11.3 Å². The van der Waals surface area contributed by atoms with E-state index in [4.69, 9.17) is 16.0 Å². The molecule has 0 aliphatic heterocycles. The van der Waals surface area contributed by atoms with Crippen LogP contribution in [0.5, 0.6) is 0 Å².